The number of likely N-dealkylation sites (tertiary alicyclic amines) is 1. The largest absolute Gasteiger partial charge is 0.481 e. The van der Waals surface area contributed by atoms with E-state index in [0.717, 1.165) is 12.8 Å². The van der Waals surface area contributed by atoms with E-state index in [0.29, 0.717) is 19.7 Å². The van der Waals surface area contributed by atoms with Gasteiger partial charge in [0.05, 0.1) is 11.5 Å². The first-order chi connectivity index (χ1) is 9.76. The first-order valence-electron chi connectivity index (χ1n) is 7.20. The molecular weight excluding hydrogens is 276 g/mol. The third kappa shape index (κ3) is 5.34. The summed E-state index contributed by atoms with van der Waals surface area (Å²) in [6, 6.07) is -0.462. The number of carboxylic acids is 1. The lowest BCUT2D eigenvalue weighted by molar-refractivity contribution is -0.149. The van der Waals surface area contributed by atoms with Crippen molar-refractivity contribution in [3.8, 4) is 0 Å². The van der Waals surface area contributed by atoms with Crippen molar-refractivity contribution in [2.45, 2.75) is 46.1 Å². The zero-order valence-electron chi connectivity index (χ0n) is 12.8. The predicted molar refractivity (Wildman–Crippen MR) is 75.8 cm³/mol. The number of rotatable bonds is 5. The molecule has 1 aliphatic rings. The Labute approximate surface area is 124 Å². The highest BCUT2D eigenvalue weighted by Crippen LogP contribution is 2.20. The van der Waals surface area contributed by atoms with E-state index in [4.69, 9.17) is 9.84 Å². The van der Waals surface area contributed by atoms with Crippen LogP contribution in [0.3, 0.4) is 0 Å². The lowest BCUT2D eigenvalue weighted by atomic mass is 9.89. The van der Waals surface area contributed by atoms with Crippen LogP contribution >= 0.6 is 0 Å². The van der Waals surface area contributed by atoms with E-state index in [9.17, 15) is 14.4 Å². The highest BCUT2D eigenvalue weighted by molar-refractivity contribution is 5.96. The quantitative estimate of drug-likeness (QED) is 0.796. The van der Waals surface area contributed by atoms with E-state index in [2.05, 4.69) is 5.32 Å². The van der Waals surface area contributed by atoms with Gasteiger partial charge in [-0.15, -0.1) is 0 Å². The van der Waals surface area contributed by atoms with Crippen LogP contribution in [0.5, 0.6) is 0 Å². The van der Waals surface area contributed by atoms with Gasteiger partial charge >= 0.3 is 12.0 Å². The van der Waals surface area contributed by atoms with Gasteiger partial charge in [-0.05, 0) is 33.6 Å². The Morgan fingerprint density at radius 3 is 2.33 bits per heavy atom. The molecule has 7 nitrogen and oxygen atoms in total. The van der Waals surface area contributed by atoms with Crippen molar-refractivity contribution in [2.75, 3.05) is 19.7 Å². The molecule has 7 heteroatoms. The summed E-state index contributed by atoms with van der Waals surface area (Å²) in [6.45, 7) is 6.56. The van der Waals surface area contributed by atoms with Gasteiger partial charge in [0.25, 0.3) is 0 Å². The number of ether oxygens (including phenoxy) is 1. The molecule has 3 amide bonds. The van der Waals surface area contributed by atoms with E-state index in [1.807, 2.05) is 6.92 Å². The zero-order valence-corrected chi connectivity index (χ0v) is 12.8. The molecule has 21 heavy (non-hydrogen) atoms. The summed E-state index contributed by atoms with van der Waals surface area (Å²) >= 11 is 0. The summed E-state index contributed by atoms with van der Waals surface area (Å²) in [6.07, 6.45) is 1.43. The van der Waals surface area contributed by atoms with Crippen LogP contribution in [0, 0.1) is 5.41 Å². The summed E-state index contributed by atoms with van der Waals surface area (Å²) in [5.41, 5.74) is -1.19. The van der Waals surface area contributed by atoms with Crippen LogP contribution in [0.4, 0.5) is 4.79 Å². The molecule has 1 saturated heterocycles. The van der Waals surface area contributed by atoms with Crippen LogP contribution in [-0.4, -0.2) is 53.7 Å². The van der Waals surface area contributed by atoms with Crippen molar-refractivity contribution in [2.24, 2.45) is 5.41 Å². The smallest absolute Gasteiger partial charge is 0.324 e. The molecule has 0 spiro atoms. The minimum atomic E-state index is -1.19. The Hall–Kier alpha value is -1.63. The number of nitrogens with one attached hydrogen (secondary N) is 1. The average Bonchev–Trinajstić information content (AvgIpc) is 2.38. The lowest BCUT2D eigenvalue weighted by Gasteiger charge is -2.31. The van der Waals surface area contributed by atoms with Crippen LogP contribution in [0.1, 0.15) is 40.0 Å². The number of piperidine rings is 1. The zero-order chi connectivity index (χ0) is 16.0. The normalized spacial score (nSPS) is 16.6. The molecule has 0 saturated carbocycles. The number of imide groups is 1. The minimum absolute atomic E-state index is 0.167. The fourth-order valence-corrected chi connectivity index (χ4v) is 2.18. The number of nitrogens with zero attached hydrogens (tertiary/aromatic N) is 1. The number of carbonyl (C=O) groups excluding carboxylic acids is 2. The number of carboxylic acid groups (broad SMARTS) is 1. The minimum Gasteiger partial charge on any atom is -0.481 e. The molecule has 0 atom stereocenters. The van der Waals surface area contributed by atoms with Crippen LogP contribution in [0.25, 0.3) is 0 Å². The SMILES string of the molecule is CCOC1CCN(C(=O)NC(=O)CC(C)(C)C(=O)O)CC1. The summed E-state index contributed by atoms with van der Waals surface area (Å²) in [4.78, 5) is 36.2. The molecule has 0 radical (unpaired) electrons. The molecule has 2 N–H and O–H groups in total. The van der Waals surface area contributed by atoms with Gasteiger partial charge in [-0.3, -0.25) is 14.9 Å². The highest BCUT2D eigenvalue weighted by atomic mass is 16.5. The monoisotopic (exact) mass is 300 g/mol. The Kier molecular flexibility index (Phi) is 6.14. The van der Waals surface area contributed by atoms with E-state index < -0.39 is 23.3 Å². The van der Waals surface area contributed by atoms with Gasteiger partial charge in [0.15, 0.2) is 0 Å². The molecular formula is C14H24N2O5. The highest BCUT2D eigenvalue weighted by Gasteiger charge is 2.31. The van der Waals surface area contributed by atoms with E-state index in [1.165, 1.54) is 13.8 Å². The van der Waals surface area contributed by atoms with Gasteiger partial charge in [-0.25, -0.2) is 4.79 Å². The lowest BCUT2D eigenvalue weighted by Crippen LogP contribution is -2.48. The van der Waals surface area contributed by atoms with Crippen molar-refractivity contribution < 1.29 is 24.2 Å². The van der Waals surface area contributed by atoms with Crippen LogP contribution < -0.4 is 5.32 Å². The number of hydrogen-bond acceptors (Lipinski definition) is 4. The van der Waals surface area contributed by atoms with Crippen LogP contribution in [0.15, 0.2) is 0 Å². The Bertz CT molecular complexity index is 400. The molecule has 1 heterocycles. The van der Waals surface area contributed by atoms with Crippen molar-refractivity contribution in [1.82, 2.24) is 10.2 Å². The molecule has 120 valence electrons. The molecule has 0 aromatic carbocycles. The van der Waals surface area contributed by atoms with Gasteiger partial charge in [0.2, 0.25) is 5.91 Å². The molecule has 0 aromatic rings. The Morgan fingerprint density at radius 1 is 1.29 bits per heavy atom. The van der Waals surface area contributed by atoms with E-state index in [1.54, 1.807) is 4.90 Å². The third-order valence-electron chi connectivity index (χ3n) is 3.56. The second kappa shape index (κ2) is 7.40. The number of urea groups is 1. The summed E-state index contributed by atoms with van der Waals surface area (Å²) in [5.74, 6) is -1.64. The fourth-order valence-electron chi connectivity index (χ4n) is 2.18. The fraction of sp³-hybridized carbons (Fsp3) is 0.786. The first-order valence-corrected chi connectivity index (χ1v) is 7.20. The Morgan fingerprint density at radius 2 is 1.86 bits per heavy atom. The summed E-state index contributed by atoms with van der Waals surface area (Å²) < 4.78 is 5.49. The van der Waals surface area contributed by atoms with Gasteiger partial charge in [0, 0.05) is 26.1 Å². The second-order valence-corrected chi connectivity index (χ2v) is 5.86. The van der Waals surface area contributed by atoms with E-state index in [-0.39, 0.29) is 12.5 Å². The molecule has 1 fully saturated rings. The standard InChI is InChI=1S/C14H24N2O5/c1-4-21-10-5-7-16(8-6-10)13(20)15-11(17)9-14(2,3)12(18)19/h10H,4-9H2,1-3H3,(H,18,19)(H,15,17,20). The maximum atomic E-state index is 11.9. The van der Waals surface area contributed by atoms with Gasteiger partial charge < -0.3 is 14.7 Å². The molecule has 1 aliphatic heterocycles. The number of hydrogen-bond donors (Lipinski definition) is 2. The second-order valence-electron chi connectivity index (χ2n) is 5.86. The Balaban J connectivity index is 2.40. The number of amides is 3. The molecule has 0 unspecified atom stereocenters. The number of carbonyl (C=O) groups is 3. The van der Waals surface area contributed by atoms with Crippen molar-refractivity contribution in [3.63, 3.8) is 0 Å². The van der Waals surface area contributed by atoms with Crippen molar-refractivity contribution in [1.29, 1.82) is 0 Å². The summed E-state index contributed by atoms with van der Waals surface area (Å²) in [7, 11) is 0. The molecule has 0 aromatic heterocycles. The third-order valence-corrected chi connectivity index (χ3v) is 3.56. The molecule has 0 aliphatic carbocycles. The summed E-state index contributed by atoms with van der Waals surface area (Å²) in [5, 5.41) is 11.2. The van der Waals surface area contributed by atoms with Crippen LogP contribution in [0.2, 0.25) is 0 Å². The average molecular weight is 300 g/mol. The maximum Gasteiger partial charge on any atom is 0.324 e. The first kappa shape index (κ1) is 17.4. The predicted octanol–water partition coefficient (Wildman–Crippen LogP) is 1.22. The van der Waals surface area contributed by atoms with Gasteiger partial charge in [0.1, 0.15) is 0 Å². The van der Waals surface area contributed by atoms with Crippen LogP contribution in [-0.2, 0) is 14.3 Å². The molecule has 0 bridgehead atoms. The maximum absolute atomic E-state index is 11.9. The van der Waals surface area contributed by atoms with Crippen molar-refractivity contribution >= 4 is 17.9 Å². The topological polar surface area (TPSA) is 95.9 Å². The van der Waals surface area contributed by atoms with Crippen molar-refractivity contribution in [3.05, 3.63) is 0 Å². The number of aliphatic carboxylic acids is 1. The van der Waals surface area contributed by atoms with Gasteiger partial charge in [-0.2, -0.15) is 0 Å². The van der Waals surface area contributed by atoms with E-state index >= 15 is 0 Å². The van der Waals surface area contributed by atoms with Gasteiger partial charge in [-0.1, -0.05) is 0 Å². The molecule has 1 rings (SSSR count).